The summed E-state index contributed by atoms with van der Waals surface area (Å²) < 4.78 is 31.2. The number of hydrogen-bond donors (Lipinski definition) is 2. The van der Waals surface area contributed by atoms with Crippen LogP contribution in [-0.4, -0.2) is 65.4 Å². The molecule has 2 heterocycles. The number of nitrogens with zero attached hydrogens (tertiary/aromatic N) is 3. The van der Waals surface area contributed by atoms with Crippen LogP contribution in [0.25, 0.3) is 10.9 Å². The smallest absolute Gasteiger partial charge is 0.310 e. The molecule has 3 aromatic rings. The topological polar surface area (TPSA) is 106 Å². The van der Waals surface area contributed by atoms with Gasteiger partial charge in [0.25, 0.3) is 0 Å². The number of aromatic nitrogens is 2. The third-order valence-corrected chi connectivity index (χ3v) is 5.89. The number of phenolic OH excluding ortho intramolecular Hbond substituents is 1. The van der Waals surface area contributed by atoms with Gasteiger partial charge in [-0.15, -0.1) is 0 Å². The predicted octanol–water partition coefficient (Wildman–Crippen LogP) is 4.29. The fourth-order valence-corrected chi connectivity index (χ4v) is 4.38. The summed E-state index contributed by atoms with van der Waals surface area (Å²) in [6.07, 6.45) is 0.671. The van der Waals surface area contributed by atoms with Crippen LogP contribution in [0.15, 0.2) is 30.3 Å². The zero-order chi connectivity index (χ0) is 24.9. The van der Waals surface area contributed by atoms with Gasteiger partial charge in [-0.1, -0.05) is 23.7 Å². The van der Waals surface area contributed by atoms with E-state index in [1.54, 1.807) is 18.2 Å². The highest BCUT2D eigenvalue weighted by Crippen LogP contribution is 2.45. The van der Waals surface area contributed by atoms with Crippen molar-refractivity contribution in [1.82, 2.24) is 14.9 Å². The number of ether oxygens (including phenoxy) is 3. The first-order valence-corrected chi connectivity index (χ1v) is 11.5. The predicted molar refractivity (Wildman–Crippen MR) is 129 cm³/mol. The first kappa shape index (κ1) is 24.7. The average molecular weight is 505 g/mol. The third kappa shape index (κ3) is 5.83. The Morgan fingerprint density at radius 1 is 1.29 bits per heavy atom. The van der Waals surface area contributed by atoms with E-state index in [2.05, 4.69) is 20.2 Å². The summed E-state index contributed by atoms with van der Waals surface area (Å²) in [5.41, 5.74) is 0.811. The van der Waals surface area contributed by atoms with Crippen LogP contribution in [0.4, 0.5) is 15.8 Å². The molecule has 11 heteroatoms. The van der Waals surface area contributed by atoms with Crippen LogP contribution in [0.3, 0.4) is 0 Å². The highest BCUT2D eigenvalue weighted by atomic mass is 35.5. The number of likely N-dealkylation sites (tertiary alicyclic amines) is 1. The summed E-state index contributed by atoms with van der Waals surface area (Å²) in [5.74, 6) is 0.0340. The summed E-state index contributed by atoms with van der Waals surface area (Å²) in [6.45, 7) is 3.78. The Hall–Kier alpha value is -3.37. The maximum absolute atomic E-state index is 14.0. The molecule has 1 fully saturated rings. The normalized spacial score (nSPS) is 14.6. The summed E-state index contributed by atoms with van der Waals surface area (Å²) >= 11 is 6.28. The van der Waals surface area contributed by atoms with E-state index in [1.165, 1.54) is 26.2 Å². The number of halogens is 2. The van der Waals surface area contributed by atoms with Gasteiger partial charge >= 0.3 is 12.0 Å². The van der Waals surface area contributed by atoms with Crippen LogP contribution < -0.4 is 14.8 Å². The summed E-state index contributed by atoms with van der Waals surface area (Å²) in [5, 5.41) is 13.5. The minimum atomic E-state index is -1.00. The lowest BCUT2D eigenvalue weighted by Crippen LogP contribution is -2.37. The molecule has 1 aromatic heterocycles. The Morgan fingerprint density at radius 2 is 2.03 bits per heavy atom. The summed E-state index contributed by atoms with van der Waals surface area (Å²) in [6, 6.07) is 8.06. The molecule has 2 N–H and O–H groups in total. The molecule has 0 aliphatic carbocycles. The van der Waals surface area contributed by atoms with Gasteiger partial charge in [-0.25, -0.2) is 4.98 Å². The van der Waals surface area contributed by atoms with Crippen molar-refractivity contribution in [3.63, 3.8) is 0 Å². The zero-order valence-corrected chi connectivity index (χ0v) is 20.1. The average Bonchev–Trinajstić information content (AvgIpc) is 3.31. The van der Waals surface area contributed by atoms with Gasteiger partial charge in [0, 0.05) is 19.5 Å². The number of carbonyl (C=O) groups is 1. The van der Waals surface area contributed by atoms with E-state index in [-0.39, 0.29) is 45.6 Å². The number of anilines is 2. The fraction of sp³-hybridized carbons (Fsp3) is 0.375. The van der Waals surface area contributed by atoms with E-state index in [1.807, 2.05) is 0 Å². The molecule has 1 saturated heterocycles. The Labute approximate surface area is 206 Å². The van der Waals surface area contributed by atoms with E-state index in [9.17, 15) is 14.3 Å². The number of rotatable bonds is 9. The maximum Gasteiger partial charge on any atom is 0.310 e. The van der Waals surface area contributed by atoms with Crippen molar-refractivity contribution in [3.8, 4) is 17.2 Å². The first-order valence-electron chi connectivity index (χ1n) is 11.2. The molecule has 1 aliphatic heterocycles. The molecule has 186 valence electrons. The minimum Gasteiger partial charge on any atom is -0.506 e. The van der Waals surface area contributed by atoms with Crippen molar-refractivity contribution >= 4 is 39.8 Å². The molecule has 1 aliphatic rings. The zero-order valence-electron chi connectivity index (χ0n) is 19.4. The molecular weight excluding hydrogens is 479 g/mol. The van der Waals surface area contributed by atoms with Crippen LogP contribution >= 0.6 is 11.6 Å². The molecule has 0 bridgehead atoms. The van der Waals surface area contributed by atoms with Crippen molar-refractivity contribution in [3.05, 3.63) is 41.6 Å². The van der Waals surface area contributed by atoms with Gasteiger partial charge in [0.2, 0.25) is 0 Å². The SMILES string of the molecule is COc1c(OCC(CN2CCCC2)OC(C)=O)cc2nc(F)nc(Cl)c2c1Nc1ccccc1O. The lowest BCUT2D eigenvalue weighted by molar-refractivity contribution is -0.148. The van der Waals surface area contributed by atoms with E-state index >= 15 is 0 Å². The molecule has 35 heavy (non-hydrogen) atoms. The summed E-state index contributed by atoms with van der Waals surface area (Å²) in [7, 11) is 1.44. The lowest BCUT2D eigenvalue weighted by Gasteiger charge is -2.24. The molecule has 2 aromatic carbocycles. The number of esters is 1. The second-order valence-electron chi connectivity index (χ2n) is 8.15. The largest absolute Gasteiger partial charge is 0.506 e. The molecule has 1 unspecified atom stereocenters. The van der Waals surface area contributed by atoms with E-state index in [0.29, 0.717) is 12.2 Å². The molecule has 4 rings (SSSR count). The number of nitrogens with one attached hydrogen (secondary N) is 1. The van der Waals surface area contributed by atoms with Crippen molar-refractivity contribution in [1.29, 1.82) is 0 Å². The van der Waals surface area contributed by atoms with Gasteiger partial charge in [0.05, 0.1) is 29.4 Å². The van der Waals surface area contributed by atoms with Crippen LogP contribution in [0.5, 0.6) is 17.2 Å². The van der Waals surface area contributed by atoms with Crippen molar-refractivity contribution in [2.45, 2.75) is 25.9 Å². The Kier molecular flexibility index (Phi) is 7.72. The van der Waals surface area contributed by atoms with Gasteiger partial charge in [-0.3, -0.25) is 9.69 Å². The molecule has 0 radical (unpaired) electrons. The highest BCUT2D eigenvalue weighted by molar-refractivity contribution is 6.35. The molecule has 1 atom stereocenters. The van der Waals surface area contributed by atoms with Crippen LogP contribution in [0.1, 0.15) is 19.8 Å². The number of aromatic hydroxyl groups is 1. The van der Waals surface area contributed by atoms with Gasteiger partial charge in [0.15, 0.2) is 11.5 Å². The first-order chi connectivity index (χ1) is 16.9. The van der Waals surface area contributed by atoms with Crippen LogP contribution in [0.2, 0.25) is 5.15 Å². The highest BCUT2D eigenvalue weighted by Gasteiger charge is 2.24. The lowest BCUT2D eigenvalue weighted by atomic mass is 10.1. The maximum atomic E-state index is 14.0. The standard InChI is InChI=1S/C24H26ClFN4O5/c1-14(31)35-15(12-30-9-5-6-10-30)13-34-19-11-17-20(23(25)29-24(26)28-17)21(22(19)33-2)27-16-7-3-4-8-18(16)32/h3-4,7-8,11,15,27,32H,5-6,9-10,12-13H2,1-2H3. The number of phenols is 1. The van der Waals surface area contributed by atoms with Gasteiger partial charge in [-0.2, -0.15) is 9.37 Å². The van der Waals surface area contributed by atoms with Crippen molar-refractivity contribution in [2.24, 2.45) is 0 Å². The van der Waals surface area contributed by atoms with E-state index < -0.39 is 18.2 Å². The summed E-state index contributed by atoms with van der Waals surface area (Å²) in [4.78, 5) is 21.4. The monoisotopic (exact) mass is 504 g/mol. The molecular formula is C24H26ClFN4O5. The van der Waals surface area contributed by atoms with E-state index in [0.717, 1.165) is 25.9 Å². The quantitative estimate of drug-likeness (QED) is 0.191. The number of fused-ring (bicyclic) bond motifs is 1. The van der Waals surface area contributed by atoms with Gasteiger partial charge < -0.3 is 24.6 Å². The second-order valence-corrected chi connectivity index (χ2v) is 8.51. The molecule has 0 amide bonds. The van der Waals surface area contributed by atoms with Crippen LogP contribution in [-0.2, 0) is 9.53 Å². The van der Waals surface area contributed by atoms with Gasteiger partial charge in [0.1, 0.15) is 23.6 Å². The molecule has 0 saturated carbocycles. The second kappa shape index (κ2) is 10.9. The van der Waals surface area contributed by atoms with Crippen molar-refractivity contribution in [2.75, 3.05) is 38.7 Å². The number of para-hydroxylation sites is 2. The number of carbonyl (C=O) groups excluding carboxylic acids is 1. The third-order valence-electron chi connectivity index (χ3n) is 5.62. The number of hydrogen-bond acceptors (Lipinski definition) is 9. The minimum absolute atomic E-state index is 0.0197. The Bertz CT molecular complexity index is 1220. The molecule has 0 spiro atoms. The Morgan fingerprint density at radius 3 is 2.71 bits per heavy atom. The Balaban J connectivity index is 1.72. The number of methoxy groups -OCH3 is 1. The molecule has 9 nitrogen and oxygen atoms in total. The van der Waals surface area contributed by atoms with Gasteiger partial charge in [-0.05, 0) is 38.1 Å². The van der Waals surface area contributed by atoms with Crippen molar-refractivity contribution < 1.29 is 28.5 Å². The number of benzene rings is 2. The van der Waals surface area contributed by atoms with E-state index in [4.69, 9.17) is 25.8 Å². The van der Waals surface area contributed by atoms with Crippen LogP contribution in [0, 0.1) is 6.08 Å². The fourth-order valence-electron chi connectivity index (χ4n) is 4.12.